The molecule has 0 radical (unpaired) electrons. The van der Waals surface area contributed by atoms with Gasteiger partial charge in [-0.2, -0.15) is 5.26 Å². The second-order valence-electron chi connectivity index (χ2n) is 4.42. The number of aryl methyl sites for hydroxylation is 1. The van der Waals surface area contributed by atoms with E-state index in [1.165, 1.54) is 17.5 Å². The SMILES string of the molecule is CN(C)C1CCc2cccc(C#N)c2C1. The Bertz CT molecular complexity index is 401. The largest absolute Gasteiger partial charge is 0.306 e. The number of nitriles is 1. The van der Waals surface area contributed by atoms with Crippen molar-refractivity contribution in [1.82, 2.24) is 4.90 Å². The summed E-state index contributed by atoms with van der Waals surface area (Å²) in [5, 5.41) is 9.05. The van der Waals surface area contributed by atoms with Gasteiger partial charge in [-0.25, -0.2) is 0 Å². The minimum Gasteiger partial charge on any atom is -0.306 e. The molecule has 0 N–H and O–H groups in total. The molecule has 1 aliphatic rings. The molecule has 2 nitrogen and oxygen atoms in total. The summed E-state index contributed by atoms with van der Waals surface area (Å²) in [5.74, 6) is 0. The van der Waals surface area contributed by atoms with Crippen LogP contribution < -0.4 is 0 Å². The third-order valence-electron chi connectivity index (χ3n) is 3.31. The molecule has 1 unspecified atom stereocenters. The standard InChI is InChI=1S/C13H16N2/c1-15(2)12-7-6-10-4-3-5-11(9-14)13(10)8-12/h3-5,12H,6-8H2,1-2H3. The zero-order valence-electron chi connectivity index (χ0n) is 9.33. The van der Waals surface area contributed by atoms with Crippen LogP contribution in [0.2, 0.25) is 0 Å². The Morgan fingerprint density at radius 2 is 2.20 bits per heavy atom. The van der Waals surface area contributed by atoms with Crippen LogP contribution in [-0.2, 0) is 12.8 Å². The average Bonchev–Trinajstić information content (AvgIpc) is 2.27. The van der Waals surface area contributed by atoms with Crippen LogP contribution in [-0.4, -0.2) is 25.0 Å². The second-order valence-corrected chi connectivity index (χ2v) is 4.42. The summed E-state index contributed by atoms with van der Waals surface area (Å²) in [5.41, 5.74) is 3.50. The van der Waals surface area contributed by atoms with E-state index in [4.69, 9.17) is 5.26 Å². The lowest BCUT2D eigenvalue weighted by Crippen LogP contribution is -2.33. The molecule has 15 heavy (non-hydrogen) atoms. The smallest absolute Gasteiger partial charge is 0.0994 e. The van der Waals surface area contributed by atoms with Gasteiger partial charge in [0.15, 0.2) is 0 Å². The van der Waals surface area contributed by atoms with Crippen LogP contribution in [0.4, 0.5) is 0 Å². The number of nitrogens with zero attached hydrogens (tertiary/aromatic N) is 2. The molecule has 0 heterocycles. The Labute approximate surface area is 91.1 Å². The molecule has 0 aromatic heterocycles. The van der Waals surface area contributed by atoms with E-state index in [0.717, 1.165) is 18.4 Å². The second kappa shape index (κ2) is 4.04. The molecule has 0 amide bonds. The fourth-order valence-electron chi connectivity index (χ4n) is 2.32. The highest BCUT2D eigenvalue weighted by Crippen LogP contribution is 2.25. The molecule has 2 rings (SSSR count). The summed E-state index contributed by atoms with van der Waals surface area (Å²) in [7, 11) is 4.23. The van der Waals surface area contributed by atoms with Crippen molar-refractivity contribution in [3.63, 3.8) is 0 Å². The maximum Gasteiger partial charge on any atom is 0.0994 e. The van der Waals surface area contributed by atoms with Crippen molar-refractivity contribution < 1.29 is 0 Å². The lowest BCUT2D eigenvalue weighted by molar-refractivity contribution is 0.268. The molecule has 0 bridgehead atoms. The maximum absolute atomic E-state index is 9.05. The van der Waals surface area contributed by atoms with Crippen LogP contribution in [0.5, 0.6) is 0 Å². The number of likely N-dealkylation sites (N-methyl/N-ethyl adjacent to an activating group) is 1. The van der Waals surface area contributed by atoms with Gasteiger partial charge in [-0.15, -0.1) is 0 Å². The summed E-state index contributed by atoms with van der Waals surface area (Å²) in [6, 6.07) is 8.96. The summed E-state index contributed by atoms with van der Waals surface area (Å²) in [6.07, 6.45) is 3.33. The molecule has 1 aromatic carbocycles. The fraction of sp³-hybridized carbons (Fsp3) is 0.462. The quantitative estimate of drug-likeness (QED) is 0.693. The minimum atomic E-state index is 0.590. The first-order valence-electron chi connectivity index (χ1n) is 5.39. The number of benzene rings is 1. The molecule has 0 saturated heterocycles. The zero-order chi connectivity index (χ0) is 10.8. The van der Waals surface area contributed by atoms with Crippen molar-refractivity contribution in [3.8, 4) is 6.07 Å². The van der Waals surface area contributed by atoms with E-state index in [9.17, 15) is 0 Å². The molecule has 1 aromatic rings. The number of rotatable bonds is 1. The van der Waals surface area contributed by atoms with Gasteiger partial charge in [0.1, 0.15) is 0 Å². The van der Waals surface area contributed by atoms with Gasteiger partial charge in [0.25, 0.3) is 0 Å². The van der Waals surface area contributed by atoms with Gasteiger partial charge >= 0.3 is 0 Å². The predicted molar refractivity (Wildman–Crippen MR) is 60.7 cm³/mol. The number of hydrogen-bond acceptors (Lipinski definition) is 2. The number of hydrogen-bond donors (Lipinski definition) is 0. The van der Waals surface area contributed by atoms with Gasteiger partial charge in [0, 0.05) is 6.04 Å². The van der Waals surface area contributed by atoms with Gasteiger partial charge in [0.2, 0.25) is 0 Å². The van der Waals surface area contributed by atoms with Crippen molar-refractivity contribution in [2.24, 2.45) is 0 Å². The molecule has 2 heteroatoms. The van der Waals surface area contributed by atoms with Gasteiger partial charge < -0.3 is 4.90 Å². The van der Waals surface area contributed by atoms with Crippen molar-refractivity contribution in [2.45, 2.75) is 25.3 Å². The van der Waals surface area contributed by atoms with Crippen molar-refractivity contribution >= 4 is 0 Å². The summed E-state index contributed by atoms with van der Waals surface area (Å²) >= 11 is 0. The molecule has 0 fully saturated rings. The van der Waals surface area contributed by atoms with E-state index in [1.54, 1.807) is 0 Å². The van der Waals surface area contributed by atoms with Crippen LogP contribution in [0.3, 0.4) is 0 Å². The van der Waals surface area contributed by atoms with Crippen molar-refractivity contribution in [3.05, 3.63) is 34.9 Å². The van der Waals surface area contributed by atoms with Crippen LogP contribution in [0.15, 0.2) is 18.2 Å². The Morgan fingerprint density at radius 1 is 1.40 bits per heavy atom. The topological polar surface area (TPSA) is 27.0 Å². The van der Waals surface area contributed by atoms with Crippen LogP contribution in [0, 0.1) is 11.3 Å². The Balaban J connectivity index is 2.35. The molecule has 1 aliphatic carbocycles. The Hall–Kier alpha value is -1.33. The van der Waals surface area contributed by atoms with E-state index in [-0.39, 0.29) is 0 Å². The lowest BCUT2D eigenvalue weighted by atomic mass is 9.85. The first kappa shape index (κ1) is 10.2. The third kappa shape index (κ3) is 1.88. The van der Waals surface area contributed by atoms with Crippen LogP contribution in [0.25, 0.3) is 0 Å². The Morgan fingerprint density at radius 3 is 2.87 bits per heavy atom. The van der Waals surface area contributed by atoms with Gasteiger partial charge in [-0.3, -0.25) is 0 Å². The highest BCUT2D eigenvalue weighted by Gasteiger charge is 2.21. The van der Waals surface area contributed by atoms with E-state index >= 15 is 0 Å². The normalized spacial score (nSPS) is 19.7. The van der Waals surface area contributed by atoms with E-state index in [2.05, 4.69) is 31.1 Å². The zero-order valence-corrected chi connectivity index (χ0v) is 9.33. The van der Waals surface area contributed by atoms with E-state index in [1.807, 2.05) is 12.1 Å². The minimum absolute atomic E-state index is 0.590. The Kier molecular flexibility index (Phi) is 2.75. The first-order chi connectivity index (χ1) is 7.22. The predicted octanol–water partition coefficient (Wildman–Crippen LogP) is 1.98. The van der Waals surface area contributed by atoms with E-state index < -0.39 is 0 Å². The van der Waals surface area contributed by atoms with E-state index in [0.29, 0.717) is 6.04 Å². The highest BCUT2D eigenvalue weighted by atomic mass is 15.1. The van der Waals surface area contributed by atoms with Gasteiger partial charge in [-0.1, -0.05) is 12.1 Å². The van der Waals surface area contributed by atoms with Crippen LogP contribution in [0.1, 0.15) is 23.1 Å². The molecule has 78 valence electrons. The third-order valence-corrected chi connectivity index (χ3v) is 3.31. The van der Waals surface area contributed by atoms with Crippen molar-refractivity contribution in [2.75, 3.05) is 14.1 Å². The summed E-state index contributed by atoms with van der Waals surface area (Å²) < 4.78 is 0. The monoisotopic (exact) mass is 200 g/mol. The number of fused-ring (bicyclic) bond motifs is 1. The molecular formula is C13H16N2. The maximum atomic E-state index is 9.05. The highest BCUT2D eigenvalue weighted by molar-refractivity contribution is 5.44. The lowest BCUT2D eigenvalue weighted by Gasteiger charge is -2.30. The van der Waals surface area contributed by atoms with Gasteiger partial charge in [0.05, 0.1) is 11.6 Å². The molecule has 0 spiro atoms. The summed E-state index contributed by atoms with van der Waals surface area (Å²) in [4.78, 5) is 2.26. The average molecular weight is 200 g/mol. The molecular weight excluding hydrogens is 184 g/mol. The molecule has 0 saturated carbocycles. The fourth-order valence-corrected chi connectivity index (χ4v) is 2.32. The van der Waals surface area contributed by atoms with Crippen molar-refractivity contribution in [1.29, 1.82) is 5.26 Å². The molecule has 0 aliphatic heterocycles. The molecule has 1 atom stereocenters. The summed E-state index contributed by atoms with van der Waals surface area (Å²) in [6.45, 7) is 0. The first-order valence-corrected chi connectivity index (χ1v) is 5.39. The van der Waals surface area contributed by atoms with Crippen LogP contribution >= 0.6 is 0 Å². The van der Waals surface area contributed by atoms with Gasteiger partial charge in [-0.05, 0) is 50.6 Å².